The molecule has 0 radical (unpaired) electrons. The van der Waals surface area contributed by atoms with Crippen LogP contribution in [0, 0.1) is 0 Å². The number of fused-ring (bicyclic) bond motifs is 4. The van der Waals surface area contributed by atoms with Gasteiger partial charge < -0.3 is 4.42 Å². The topological polar surface area (TPSA) is 31.0 Å². The van der Waals surface area contributed by atoms with E-state index in [0.29, 0.717) is 17.8 Å². The van der Waals surface area contributed by atoms with Gasteiger partial charge in [-0.15, -0.1) is 0 Å². The molecule has 0 fully saturated rings. The first-order valence-corrected chi connectivity index (χ1v) is 15.5. The summed E-state index contributed by atoms with van der Waals surface area (Å²) in [7, 11) is 0. The zero-order valence-corrected chi connectivity index (χ0v) is 25.8. The van der Waals surface area contributed by atoms with E-state index in [1.807, 2.05) is 12.1 Å². The molecule has 0 saturated carbocycles. The number of para-hydroxylation sites is 2. The number of rotatable bonds is 6. The van der Waals surface area contributed by atoms with Crippen molar-refractivity contribution < 1.29 is 4.42 Å². The summed E-state index contributed by atoms with van der Waals surface area (Å²) < 4.78 is 8.79. The van der Waals surface area contributed by atoms with Crippen LogP contribution in [0.3, 0.4) is 0 Å². The van der Waals surface area contributed by atoms with Crippen LogP contribution < -0.4 is 0 Å². The lowest BCUT2D eigenvalue weighted by Gasteiger charge is -2.23. The third kappa shape index (κ3) is 4.64. The summed E-state index contributed by atoms with van der Waals surface area (Å²) in [6.07, 6.45) is 0. The Hall–Kier alpha value is -4.63. The van der Waals surface area contributed by atoms with E-state index in [1.165, 1.54) is 27.8 Å². The molecule has 0 amide bonds. The normalized spacial score (nSPS) is 12.1. The molecule has 0 aliphatic rings. The number of aromatic nitrogens is 2. The zero-order valence-electron chi connectivity index (χ0n) is 25.8. The summed E-state index contributed by atoms with van der Waals surface area (Å²) in [5, 5.41) is 2.24. The molecule has 0 atom stereocenters. The molecule has 2 heterocycles. The van der Waals surface area contributed by atoms with Gasteiger partial charge in [0.2, 0.25) is 0 Å². The summed E-state index contributed by atoms with van der Waals surface area (Å²) >= 11 is 0. The Morgan fingerprint density at radius 2 is 1.28 bits per heavy atom. The van der Waals surface area contributed by atoms with E-state index in [1.54, 1.807) is 0 Å². The van der Waals surface area contributed by atoms with Gasteiger partial charge in [-0.3, -0.25) is 4.57 Å². The van der Waals surface area contributed by atoms with Gasteiger partial charge in [0.25, 0.3) is 0 Å². The first kappa shape index (κ1) is 27.2. The molecule has 0 N–H and O–H groups in total. The third-order valence-corrected chi connectivity index (χ3v) is 8.73. The highest BCUT2D eigenvalue weighted by molar-refractivity contribution is 6.07. The highest BCUT2D eigenvalue weighted by Gasteiger charge is 2.20. The second-order valence-electron chi connectivity index (χ2n) is 12.7. The first-order chi connectivity index (χ1) is 20.8. The standard InChI is InChI=1S/C40H38N2O/c1-24(2)29-20-32(25(3)4)39(33(21-29)26(5)6)28-16-18-31-34-23-30(17-19-37(34)43-38(31)22-28)42-36-15-11-10-14-35(36)41-40(42)27-12-8-7-9-13-27/h7-26H,1-6H3. The van der Waals surface area contributed by atoms with Crippen molar-refractivity contribution in [3.63, 3.8) is 0 Å². The second kappa shape index (κ2) is 10.6. The Kier molecular flexibility index (Phi) is 6.69. The van der Waals surface area contributed by atoms with E-state index in [4.69, 9.17) is 9.40 Å². The van der Waals surface area contributed by atoms with Crippen LogP contribution in [0.25, 0.3) is 61.2 Å². The van der Waals surface area contributed by atoms with Crippen molar-refractivity contribution >= 4 is 33.0 Å². The molecule has 7 rings (SSSR count). The fraction of sp³-hybridized carbons (Fsp3) is 0.225. The Morgan fingerprint density at radius 3 is 1.98 bits per heavy atom. The largest absolute Gasteiger partial charge is 0.456 e. The van der Waals surface area contributed by atoms with E-state index < -0.39 is 0 Å². The minimum Gasteiger partial charge on any atom is -0.456 e. The molecule has 0 aliphatic carbocycles. The lowest BCUT2D eigenvalue weighted by Crippen LogP contribution is -2.03. The van der Waals surface area contributed by atoms with Gasteiger partial charge in [0.05, 0.1) is 11.0 Å². The van der Waals surface area contributed by atoms with Crippen LogP contribution >= 0.6 is 0 Å². The number of imidazole rings is 1. The van der Waals surface area contributed by atoms with Gasteiger partial charge >= 0.3 is 0 Å². The van der Waals surface area contributed by atoms with E-state index in [9.17, 15) is 0 Å². The average Bonchev–Trinajstić information content (AvgIpc) is 3.58. The quantitative estimate of drug-likeness (QED) is 0.202. The fourth-order valence-electron chi connectivity index (χ4n) is 6.42. The summed E-state index contributed by atoms with van der Waals surface area (Å²) in [5.74, 6) is 2.27. The molecule has 0 unspecified atom stereocenters. The number of hydrogen-bond donors (Lipinski definition) is 0. The van der Waals surface area contributed by atoms with Crippen LogP contribution in [0.15, 0.2) is 108 Å². The third-order valence-electron chi connectivity index (χ3n) is 8.73. The maximum Gasteiger partial charge on any atom is 0.145 e. The molecular formula is C40H38N2O. The number of furan rings is 1. The monoisotopic (exact) mass is 562 g/mol. The van der Waals surface area contributed by atoms with Gasteiger partial charge in [0.15, 0.2) is 0 Å². The Morgan fingerprint density at radius 1 is 0.581 bits per heavy atom. The van der Waals surface area contributed by atoms with Crippen molar-refractivity contribution in [1.82, 2.24) is 9.55 Å². The van der Waals surface area contributed by atoms with Gasteiger partial charge in [-0.05, 0) is 88.0 Å². The van der Waals surface area contributed by atoms with E-state index in [0.717, 1.165) is 50.0 Å². The number of hydrogen-bond acceptors (Lipinski definition) is 2. The summed E-state index contributed by atoms with van der Waals surface area (Å²) in [5.41, 5.74) is 12.8. The number of benzene rings is 5. The van der Waals surface area contributed by atoms with E-state index >= 15 is 0 Å². The van der Waals surface area contributed by atoms with Crippen molar-refractivity contribution in [2.45, 2.75) is 59.3 Å². The molecule has 3 nitrogen and oxygen atoms in total. The lowest BCUT2D eigenvalue weighted by atomic mass is 9.81. The highest BCUT2D eigenvalue weighted by atomic mass is 16.3. The van der Waals surface area contributed by atoms with Gasteiger partial charge in [-0.1, -0.05) is 102 Å². The molecule has 2 aromatic heterocycles. The molecular weight excluding hydrogens is 524 g/mol. The Balaban J connectivity index is 1.41. The van der Waals surface area contributed by atoms with Crippen molar-refractivity contribution in [1.29, 1.82) is 0 Å². The predicted molar refractivity (Wildman–Crippen MR) is 181 cm³/mol. The summed E-state index contributed by atoms with van der Waals surface area (Å²) in [4.78, 5) is 5.04. The zero-order chi connectivity index (χ0) is 29.8. The Labute approximate surface area is 253 Å². The molecule has 0 spiro atoms. The second-order valence-corrected chi connectivity index (χ2v) is 12.7. The van der Waals surface area contributed by atoms with E-state index in [2.05, 4.69) is 137 Å². The van der Waals surface area contributed by atoms with Crippen molar-refractivity contribution in [3.8, 4) is 28.2 Å². The van der Waals surface area contributed by atoms with Crippen LogP contribution in [0.4, 0.5) is 0 Å². The SMILES string of the molecule is CC(C)c1cc(C(C)C)c(-c2ccc3c(c2)oc2ccc(-n4c(-c5ccccc5)nc5ccccc54)cc23)c(C(C)C)c1. The molecule has 214 valence electrons. The molecule has 43 heavy (non-hydrogen) atoms. The highest BCUT2D eigenvalue weighted by Crippen LogP contribution is 2.41. The molecule has 5 aromatic carbocycles. The molecule has 0 bridgehead atoms. The first-order valence-electron chi connectivity index (χ1n) is 15.5. The molecule has 0 saturated heterocycles. The molecule has 0 aliphatic heterocycles. The maximum absolute atomic E-state index is 6.53. The van der Waals surface area contributed by atoms with Crippen molar-refractivity contribution in [3.05, 3.63) is 120 Å². The summed E-state index contributed by atoms with van der Waals surface area (Å²) in [6, 6.07) is 36.9. The average molecular weight is 563 g/mol. The maximum atomic E-state index is 6.53. The minimum atomic E-state index is 0.420. The molecule has 7 aromatic rings. The smallest absolute Gasteiger partial charge is 0.145 e. The van der Waals surface area contributed by atoms with Crippen molar-refractivity contribution in [2.24, 2.45) is 0 Å². The van der Waals surface area contributed by atoms with Crippen molar-refractivity contribution in [2.75, 3.05) is 0 Å². The van der Waals surface area contributed by atoms with Crippen LogP contribution in [-0.4, -0.2) is 9.55 Å². The fourth-order valence-corrected chi connectivity index (χ4v) is 6.42. The van der Waals surface area contributed by atoms with Crippen LogP contribution in [-0.2, 0) is 0 Å². The van der Waals surface area contributed by atoms with Gasteiger partial charge in [0, 0.05) is 22.0 Å². The van der Waals surface area contributed by atoms with Gasteiger partial charge in [-0.2, -0.15) is 0 Å². The number of nitrogens with zero attached hydrogens (tertiary/aromatic N) is 2. The molecule has 3 heteroatoms. The van der Waals surface area contributed by atoms with E-state index in [-0.39, 0.29) is 0 Å². The van der Waals surface area contributed by atoms with Crippen LogP contribution in [0.5, 0.6) is 0 Å². The van der Waals surface area contributed by atoms with Gasteiger partial charge in [0.1, 0.15) is 17.0 Å². The lowest BCUT2D eigenvalue weighted by molar-refractivity contribution is 0.669. The van der Waals surface area contributed by atoms with Gasteiger partial charge in [-0.25, -0.2) is 4.98 Å². The summed E-state index contributed by atoms with van der Waals surface area (Å²) in [6.45, 7) is 13.8. The predicted octanol–water partition coefficient (Wildman–Crippen LogP) is 11.6. The Bertz CT molecular complexity index is 2080. The van der Waals surface area contributed by atoms with Crippen LogP contribution in [0.2, 0.25) is 0 Å². The minimum absolute atomic E-state index is 0.420. The van der Waals surface area contributed by atoms with Crippen LogP contribution in [0.1, 0.15) is 76.0 Å².